The summed E-state index contributed by atoms with van der Waals surface area (Å²) in [7, 11) is 0. The maximum Gasteiger partial charge on any atom is 0.129 e. The highest BCUT2D eigenvalue weighted by atomic mass is 19.1. The van der Waals surface area contributed by atoms with E-state index in [1.54, 1.807) is 6.07 Å². The van der Waals surface area contributed by atoms with E-state index in [4.69, 9.17) is 0 Å². The lowest BCUT2D eigenvalue weighted by Crippen LogP contribution is -2.34. The Bertz CT molecular complexity index is 450. The molecular formula is C17H25FN2. The summed E-state index contributed by atoms with van der Waals surface area (Å²) in [6.45, 7) is 3.81. The van der Waals surface area contributed by atoms with Gasteiger partial charge in [0.05, 0.1) is 0 Å². The van der Waals surface area contributed by atoms with E-state index in [-0.39, 0.29) is 5.82 Å². The molecule has 2 aliphatic carbocycles. The van der Waals surface area contributed by atoms with Gasteiger partial charge in [-0.05, 0) is 44.7 Å². The molecule has 1 aromatic rings. The van der Waals surface area contributed by atoms with Crippen molar-refractivity contribution in [1.29, 1.82) is 0 Å². The maximum atomic E-state index is 14.2. The molecule has 0 atom stereocenters. The summed E-state index contributed by atoms with van der Waals surface area (Å²) in [5, 5.41) is 3.46. The van der Waals surface area contributed by atoms with Crippen LogP contribution in [0.15, 0.2) is 18.2 Å². The van der Waals surface area contributed by atoms with Crippen LogP contribution in [0.5, 0.6) is 0 Å². The van der Waals surface area contributed by atoms with Crippen molar-refractivity contribution in [2.45, 2.75) is 64.1 Å². The number of anilines is 1. The fraction of sp³-hybridized carbons (Fsp3) is 0.647. The average molecular weight is 276 g/mol. The second-order valence-electron chi connectivity index (χ2n) is 6.12. The van der Waals surface area contributed by atoms with Crippen LogP contribution >= 0.6 is 0 Å². The summed E-state index contributed by atoms with van der Waals surface area (Å²) < 4.78 is 14.2. The zero-order valence-corrected chi connectivity index (χ0v) is 12.4. The van der Waals surface area contributed by atoms with E-state index >= 15 is 0 Å². The summed E-state index contributed by atoms with van der Waals surface area (Å²) in [5.74, 6) is -0.0629. The van der Waals surface area contributed by atoms with Gasteiger partial charge in [0.25, 0.3) is 0 Å². The first-order chi connectivity index (χ1) is 9.79. The molecule has 2 saturated carbocycles. The highest BCUT2D eigenvalue weighted by Crippen LogP contribution is 2.32. The molecule has 2 fully saturated rings. The lowest BCUT2D eigenvalue weighted by atomic mass is 10.1. The summed E-state index contributed by atoms with van der Waals surface area (Å²) >= 11 is 0. The third-order valence-electron chi connectivity index (χ3n) is 4.65. The molecule has 20 heavy (non-hydrogen) atoms. The van der Waals surface area contributed by atoms with Crippen molar-refractivity contribution in [2.24, 2.45) is 0 Å². The topological polar surface area (TPSA) is 15.3 Å². The van der Waals surface area contributed by atoms with Gasteiger partial charge in [0.1, 0.15) is 5.82 Å². The minimum Gasteiger partial charge on any atom is -0.368 e. The average Bonchev–Trinajstić information content (AvgIpc) is 3.13. The minimum atomic E-state index is -0.0629. The molecule has 1 aromatic carbocycles. The number of nitrogens with one attached hydrogen (secondary N) is 1. The molecule has 0 aliphatic heterocycles. The predicted octanol–water partition coefficient (Wildman–Crippen LogP) is 3.85. The Morgan fingerprint density at radius 3 is 2.60 bits per heavy atom. The third kappa shape index (κ3) is 2.98. The standard InChI is InChI=1S/C17H25FN2/c1-2-20(14-6-3-4-7-14)17-9-5-8-16(18)15(17)12-19-13-10-11-13/h5,8-9,13-14,19H,2-4,6-7,10-12H2,1H3. The summed E-state index contributed by atoms with van der Waals surface area (Å²) in [5.41, 5.74) is 1.96. The Kier molecular flexibility index (Phi) is 4.25. The number of rotatable bonds is 6. The van der Waals surface area contributed by atoms with Gasteiger partial charge in [0.15, 0.2) is 0 Å². The second-order valence-corrected chi connectivity index (χ2v) is 6.12. The molecule has 0 radical (unpaired) electrons. The van der Waals surface area contributed by atoms with Crippen molar-refractivity contribution in [1.82, 2.24) is 5.32 Å². The summed E-state index contributed by atoms with van der Waals surface area (Å²) in [6.07, 6.45) is 7.60. The van der Waals surface area contributed by atoms with Gasteiger partial charge in [0, 0.05) is 36.4 Å². The van der Waals surface area contributed by atoms with Crippen LogP contribution in [0.2, 0.25) is 0 Å². The van der Waals surface area contributed by atoms with E-state index < -0.39 is 0 Å². The van der Waals surface area contributed by atoms with E-state index in [1.165, 1.54) is 38.5 Å². The molecule has 0 bridgehead atoms. The minimum absolute atomic E-state index is 0.0629. The van der Waals surface area contributed by atoms with Crippen LogP contribution < -0.4 is 10.2 Å². The number of nitrogens with zero attached hydrogens (tertiary/aromatic N) is 1. The van der Waals surface area contributed by atoms with E-state index in [1.807, 2.05) is 6.07 Å². The summed E-state index contributed by atoms with van der Waals surface area (Å²) in [4.78, 5) is 2.42. The molecule has 2 aliphatic rings. The quantitative estimate of drug-likeness (QED) is 0.849. The molecule has 3 heteroatoms. The van der Waals surface area contributed by atoms with Crippen LogP contribution in [0, 0.1) is 5.82 Å². The van der Waals surface area contributed by atoms with E-state index in [9.17, 15) is 4.39 Å². The lowest BCUT2D eigenvalue weighted by molar-refractivity contribution is 0.573. The Morgan fingerprint density at radius 2 is 1.95 bits per heavy atom. The second kappa shape index (κ2) is 6.13. The molecule has 0 aromatic heterocycles. The normalized spacial score (nSPS) is 19.5. The SMILES string of the molecule is CCN(c1cccc(F)c1CNC1CC1)C1CCCC1. The van der Waals surface area contributed by atoms with Crippen LogP contribution in [0.1, 0.15) is 51.0 Å². The van der Waals surface area contributed by atoms with Gasteiger partial charge < -0.3 is 10.2 Å². The highest BCUT2D eigenvalue weighted by Gasteiger charge is 2.26. The monoisotopic (exact) mass is 276 g/mol. The molecule has 0 unspecified atom stereocenters. The van der Waals surface area contributed by atoms with Crippen molar-refractivity contribution in [3.8, 4) is 0 Å². The first-order valence-electron chi connectivity index (χ1n) is 8.07. The van der Waals surface area contributed by atoms with Gasteiger partial charge in [-0.2, -0.15) is 0 Å². The van der Waals surface area contributed by atoms with Crippen LogP contribution in [-0.2, 0) is 6.54 Å². The molecule has 0 amide bonds. The van der Waals surface area contributed by atoms with E-state index in [0.29, 0.717) is 18.6 Å². The van der Waals surface area contributed by atoms with Crippen LogP contribution in [-0.4, -0.2) is 18.6 Å². The molecule has 0 saturated heterocycles. The zero-order chi connectivity index (χ0) is 13.9. The van der Waals surface area contributed by atoms with Crippen LogP contribution in [0.3, 0.4) is 0 Å². The van der Waals surface area contributed by atoms with Crippen LogP contribution in [0.4, 0.5) is 10.1 Å². The number of hydrogen-bond donors (Lipinski definition) is 1. The van der Waals surface area contributed by atoms with Crippen molar-refractivity contribution in [3.05, 3.63) is 29.6 Å². The fourth-order valence-corrected chi connectivity index (χ4v) is 3.37. The van der Waals surface area contributed by atoms with Crippen LogP contribution in [0.25, 0.3) is 0 Å². The Labute approximate surface area is 121 Å². The number of halogens is 1. The molecule has 3 rings (SSSR count). The van der Waals surface area contributed by atoms with Crippen molar-refractivity contribution < 1.29 is 4.39 Å². The maximum absolute atomic E-state index is 14.2. The number of benzene rings is 1. The van der Waals surface area contributed by atoms with Crippen molar-refractivity contribution in [3.63, 3.8) is 0 Å². The van der Waals surface area contributed by atoms with Crippen molar-refractivity contribution in [2.75, 3.05) is 11.4 Å². The third-order valence-corrected chi connectivity index (χ3v) is 4.65. The number of hydrogen-bond acceptors (Lipinski definition) is 2. The van der Waals surface area contributed by atoms with Gasteiger partial charge in [-0.3, -0.25) is 0 Å². The van der Waals surface area contributed by atoms with Gasteiger partial charge in [0.2, 0.25) is 0 Å². The molecule has 1 N–H and O–H groups in total. The molecule has 0 heterocycles. The summed E-state index contributed by atoms with van der Waals surface area (Å²) in [6, 6.07) is 6.75. The largest absolute Gasteiger partial charge is 0.368 e. The lowest BCUT2D eigenvalue weighted by Gasteiger charge is -2.32. The Balaban J connectivity index is 1.83. The Morgan fingerprint density at radius 1 is 1.20 bits per heavy atom. The van der Waals surface area contributed by atoms with E-state index in [0.717, 1.165) is 17.8 Å². The molecule has 110 valence electrons. The molecule has 2 nitrogen and oxygen atoms in total. The smallest absolute Gasteiger partial charge is 0.129 e. The van der Waals surface area contributed by atoms with Gasteiger partial charge in [-0.15, -0.1) is 0 Å². The van der Waals surface area contributed by atoms with Gasteiger partial charge in [-0.25, -0.2) is 4.39 Å². The zero-order valence-electron chi connectivity index (χ0n) is 12.4. The van der Waals surface area contributed by atoms with Crippen molar-refractivity contribution >= 4 is 5.69 Å². The predicted molar refractivity (Wildman–Crippen MR) is 81.5 cm³/mol. The van der Waals surface area contributed by atoms with E-state index in [2.05, 4.69) is 23.2 Å². The van der Waals surface area contributed by atoms with Gasteiger partial charge in [-0.1, -0.05) is 18.9 Å². The first-order valence-corrected chi connectivity index (χ1v) is 8.07. The molecule has 0 spiro atoms. The Hall–Kier alpha value is -1.09. The molecular weight excluding hydrogens is 251 g/mol. The highest BCUT2D eigenvalue weighted by molar-refractivity contribution is 5.55. The first kappa shape index (κ1) is 13.9. The fourth-order valence-electron chi connectivity index (χ4n) is 3.37. The van der Waals surface area contributed by atoms with Gasteiger partial charge >= 0.3 is 0 Å².